The number of anilines is 2. The topological polar surface area (TPSA) is 100 Å². The Labute approximate surface area is 174 Å². The van der Waals surface area contributed by atoms with Crippen molar-refractivity contribution in [2.45, 2.75) is 18.9 Å². The second-order valence-electron chi connectivity index (χ2n) is 6.62. The first-order valence-corrected chi connectivity index (χ1v) is 10.0. The summed E-state index contributed by atoms with van der Waals surface area (Å²) in [5.41, 5.74) is 0.981. The lowest BCUT2D eigenvalue weighted by molar-refractivity contribution is 0.0870. The molecule has 1 saturated heterocycles. The Kier molecular flexibility index (Phi) is 5.70. The van der Waals surface area contributed by atoms with Crippen LogP contribution in [0.25, 0.3) is 11.3 Å². The summed E-state index contributed by atoms with van der Waals surface area (Å²) in [5, 5.41) is 14.3. The van der Waals surface area contributed by atoms with Crippen LogP contribution in [0.1, 0.15) is 12.8 Å². The molecule has 1 aliphatic rings. The third-order valence-corrected chi connectivity index (χ3v) is 5.35. The third-order valence-electron chi connectivity index (χ3n) is 4.60. The lowest BCUT2D eigenvalue weighted by Crippen LogP contribution is -2.41. The fourth-order valence-electron chi connectivity index (χ4n) is 3.04. The van der Waals surface area contributed by atoms with E-state index in [0.717, 1.165) is 12.1 Å². The van der Waals surface area contributed by atoms with E-state index in [1.807, 2.05) is 0 Å². The maximum absolute atomic E-state index is 13.4. The van der Waals surface area contributed by atoms with E-state index in [1.54, 1.807) is 11.4 Å². The Bertz CT molecular complexity index is 1060. The minimum atomic E-state index is -0.929. The molecule has 4 rings (SSSR count). The molecule has 1 aliphatic heterocycles. The van der Waals surface area contributed by atoms with E-state index in [0.29, 0.717) is 54.0 Å². The minimum Gasteiger partial charge on any atom is -0.474 e. The van der Waals surface area contributed by atoms with Gasteiger partial charge in [-0.05, 0) is 18.2 Å². The van der Waals surface area contributed by atoms with E-state index in [2.05, 4.69) is 20.3 Å². The molecular weight excluding hydrogens is 416 g/mol. The molecule has 0 atom stereocenters. The highest BCUT2D eigenvalue weighted by Gasteiger charge is 2.23. The lowest BCUT2D eigenvalue weighted by Gasteiger charge is -2.29. The molecule has 1 amide bonds. The number of amides is 1. The number of piperidine rings is 1. The first-order valence-electron chi connectivity index (χ1n) is 9.12. The SMILES string of the molecule is O=C(O)N1CCC(Oc2cc(Nc3nc(-c4ccc(F)c(F)c4)cs3)ncn2)CC1. The number of thiazole rings is 1. The van der Waals surface area contributed by atoms with Crippen LogP contribution in [0.5, 0.6) is 5.88 Å². The molecule has 11 heteroatoms. The number of benzene rings is 1. The van der Waals surface area contributed by atoms with Gasteiger partial charge in [-0.2, -0.15) is 0 Å². The molecule has 0 aliphatic carbocycles. The second kappa shape index (κ2) is 8.57. The number of carbonyl (C=O) groups is 1. The van der Waals surface area contributed by atoms with Gasteiger partial charge in [-0.25, -0.2) is 28.5 Å². The minimum absolute atomic E-state index is 0.122. The Hall–Kier alpha value is -3.34. The summed E-state index contributed by atoms with van der Waals surface area (Å²) in [7, 11) is 0. The van der Waals surface area contributed by atoms with Gasteiger partial charge >= 0.3 is 6.09 Å². The van der Waals surface area contributed by atoms with Crippen molar-refractivity contribution in [1.29, 1.82) is 0 Å². The zero-order valence-corrected chi connectivity index (χ0v) is 16.4. The van der Waals surface area contributed by atoms with Gasteiger partial charge in [0.05, 0.1) is 5.69 Å². The summed E-state index contributed by atoms with van der Waals surface area (Å²) in [5.74, 6) is -0.996. The smallest absolute Gasteiger partial charge is 0.407 e. The highest BCUT2D eigenvalue weighted by Crippen LogP contribution is 2.28. The van der Waals surface area contributed by atoms with Gasteiger partial charge in [-0.3, -0.25) is 0 Å². The van der Waals surface area contributed by atoms with Crippen molar-refractivity contribution in [2.75, 3.05) is 18.4 Å². The van der Waals surface area contributed by atoms with Crippen LogP contribution < -0.4 is 10.1 Å². The van der Waals surface area contributed by atoms with E-state index in [-0.39, 0.29) is 6.10 Å². The maximum atomic E-state index is 13.4. The largest absolute Gasteiger partial charge is 0.474 e. The molecule has 30 heavy (non-hydrogen) atoms. The molecule has 0 unspecified atom stereocenters. The van der Waals surface area contributed by atoms with Crippen molar-refractivity contribution < 1.29 is 23.4 Å². The van der Waals surface area contributed by atoms with Gasteiger partial charge in [-0.1, -0.05) is 0 Å². The fourth-order valence-corrected chi connectivity index (χ4v) is 3.76. The fraction of sp³-hybridized carbons (Fsp3) is 0.263. The van der Waals surface area contributed by atoms with Gasteiger partial charge in [0, 0.05) is 42.9 Å². The second-order valence-corrected chi connectivity index (χ2v) is 7.48. The Morgan fingerprint density at radius 2 is 2.00 bits per heavy atom. The molecule has 0 spiro atoms. The molecule has 2 aromatic heterocycles. The van der Waals surface area contributed by atoms with Crippen LogP contribution in [-0.2, 0) is 0 Å². The number of hydrogen-bond donors (Lipinski definition) is 2. The van der Waals surface area contributed by atoms with E-state index in [1.165, 1.54) is 28.6 Å². The standard InChI is InChI=1S/C19H17F2N5O3S/c20-13-2-1-11(7-14(13)21)15-9-30-18(24-15)25-16-8-17(23-10-22-16)29-12-3-5-26(6-4-12)19(27)28/h1-2,7-10,12H,3-6H2,(H,27,28)(H,22,23,24,25). The molecule has 2 N–H and O–H groups in total. The van der Waals surface area contributed by atoms with E-state index >= 15 is 0 Å². The number of nitrogens with zero attached hydrogens (tertiary/aromatic N) is 4. The van der Waals surface area contributed by atoms with Crippen LogP contribution in [0, 0.1) is 11.6 Å². The molecule has 0 bridgehead atoms. The number of carboxylic acid groups (broad SMARTS) is 1. The Morgan fingerprint density at radius 1 is 1.20 bits per heavy atom. The van der Waals surface area contributed by atoms with Crippen molar-refractivity contribution in [2.24, 2.45) is 0 Å². The summed E-state index contributed by atoms with van der Waals surface area (Å²) < 4.78 is 32.4. The van der Waals surface area contributed by atoms with Gasteiger partial charge in [-0.15, -0.1) is 11.3 Å². The highest BCUT2D eigenvalue weighted by molar-refractivity contribution is 7.14. The number of likely N-dealkylation sites (tertiary alicyclic amines) is 1. The maximum Gasteiger partial charge on any atom is 0.407 e. The van der Waals surface area contributed by atoms with Gasteiger partial charge in [0.2, 0.25) is 5.88 Å². The number of ether oxygens (including phenoxy) is 1. The van der Waals surface area contributed by atoms with Gasteiger partial charge in [0.1, 0.15) is 18.2 Å². The van der Waals surface area contributed by atoms with Crippen molar-refractivity contribution in [3.05, 3.63) is 47.6 Å². The van der Waals surface area contributed by atoms with E-state index in [4.69, 9.17) is 9.84 Å². The molecule has 3 heterocycles. The first-order chi connectivity index (χ1) is 14.5. The van der Waals surface area contributed by atoms with Gasteiger partial charge in [0.15, 0.2) is 16.8 Å². The molecule has 156 valence electrons. The zero-order chi connectivity index (χ0) is 21.1. The van der Waals surface area contributed by atoms with Crippen LogP contribution >= 0.6 is 11.3 Å². The van der Waals surface area contributed by atoms with Crippen LogP contribution in [0.3, 0.4) is 0 Å². The van der Waals surface area contributed by atoms with E-state index < -0.39 is 17.7 Å². The molecule has 1 aromatic carbocycles. The highest BCUT2D eigenvalue weighted by atomic mass is 32.1. The zero-order valence-electron chi connectivity index (χ0n) is 15.6. The van der Waals surface area contributed by atoms with Crippen LogP contribution in [0.2, 0.25) is 0 Å². The van der Waals surface area contributed by atoms with Crippen LogP contribution in [0.4, 0.5) is 24.5 Å². The first kappa shape index (κ1) is 20.0. The van der Waals surface area contributed by atoms with Crippen molar-refractivity contribution in [3.8, 4) is 17.1 Å². The number of nitrogens with one attached hydrogen (secondary N) is 1. The summed E-state index contributed by atoms with van der Waals surface area (Å²) in [6.07, 6.45) is 1.48. The lowest BCUT2D eigenvalue weighted by atomic mass is 10.1. The van der Waals surface area contributed by atoms with Crippen molar-refractivity contribution in [1.82, 2.24) is 19.9 Å². The average molecular weight is 433 g/mol. The Balaban J connectivity index is 1.39. The normalized spacial score (nSPS) is 14.5. The number of aromatic nitrogens is 3. The summed E-state index contributed by atoms with van der Waals surface area (Å²) in [6, 6.07) is 5.25. The summed E-state index contributed by atoms with van der Waals surface area (Å²) >= 11 is 1.29. The van der Waals surface area contributed by atoms with E-state index in [9.17, 15) is 13.6 Å². The number of hydrogen-bond acceptors (Lipinski definition) is 7. The monoisotopic (exact) mass is 433 g/mol. The van der Waals surface area contributed by atoms with Crippen molar-refractivity contribution >= 4 is 28.4 Å². The quantitative estimate of drug-likeness (QED) is 0.624. The predicted octanol–water partition coefficient (Wildman–Crippen LogP) is 4.14. The molecule has 3 aromatic rings. The van der Waals surface area contributed by atoms with Crippen LogP contribution in [-0.4, -0.2) is 50.2 Å². The molecule has 1 fully saturated rings. The van der Waals surface area contributed by atoms with Gasteiger partial charge < -0.3 is 20.1 Å². The van der Waals surface area contributed by atoms with Gasteiger partial charge in [0.25, 0.3) is 0 Å². The predicted molar refractivity (Wildman–Crippen MR) is 106 cm³/mol. The third kappa shape index (κ3) is 4.62. The number of halogens is 2. The molecule has 8 nitrogen and oxygen atoms in total. The molecular formula is C19H17F2N5O3S. The summed E-state index contributed by atoms with van der Waals surface area (Å²) in [4.78, 5) is 25.0. The molecule has 0 saturated carbocycles. The average Bonchev–Trinajstić information content (AvgIpc) is 3.19. The van der Waals surface area contributed by atoms with Crippen molar-refractivity contribution in [3.63, 3.8) is 0 Å². The summed E-state index contributed by atoms with van der Waals surface area (Å²) in [6.45, 7) is 0.837. The number of rotatable bonds is 5. The van der Waals surface area contributed by atoms with Crippen LogP contribution in [0.15, 0.2) is 36.0 Å². The molecule has 0 radical (unpaired) electrons. The Morgan fingerprint density at radius 3 is 2.73 bits per heavy atom.